The number of benzene rings is 1. The van der Waals surface area contributed by atoms with Gasteiger partial charge in [0.1, 0.15) is 0 Å². The van der Waals surface area contributed by atoms with Gasteiger partial charge in [0.15, 0.2) is 5.96 Å². The number of amides is 2. The highest BCUT2D eigenvalue weighted by molar-refractivity contribution is 6.35. The van der Waals surface area contributed by atoms with Crippen LogP contribution in [-0.4, -0.2) is 46.4 Å². The number of carbonyl (C=O) groups excluding carboxylic acids is 2. The van der Waals surface area contributed by atoms with Gasteiger partial charge in [0, 0.05) is 36.0 Å². The SMILES string of the molecule is C[C@@H]1C[C@H](N2C(=O)C[C@@](C)(c3cccc(NC(=O)c4ccc(C5CC5)nc4)c3Cl)N=C2N)CCO1.Cl. The average molecular weight is 532 g/mol. The number of halogens is 2. The molecule has 3 aliphatic rings. The summed E-state index contributed by atoms with van der Waals surface area (Å²) in [5, 5.41) is 3.21. The van der Waals surface area contributed by atoms with E-state index in [2.05, 4.69) is 10.3 Å². The van der Waals surface area contributed by atoms with Crippen LogP contribution < -0.4 is 11.1 Å². The van der Waals surface area contributed by atoms with Gasteiger partial charge >= 0.3 is 0 Å². The minimum atomic E-state index is -0.945. The lowest BCUT2D eigenvalue weighted by Crippen LogP contribution is -2.56. The Bertz CT molecular complexity index is 1180. The summed E-state index contributed by atoms with van der Waals surface area (Å²) in [6, 6.07) is 9.00. The Morgan fingerprint density at radius 3 is 2.67 bits per heavy atom. The first-order chi connectivity index (χ1) is 16.7. The number of rotatable bonds is 5. The summed E-state index contributed by atoms with van der Waals surface area (Å²) in [5.74, 6) is 0.323. The first kappa shape index (κ1) is 26.4. The normalized spacial score (nSPS) is 26.1. The van der Waals surface area contributed by atoms with Crippen LogP contribution in [0.4, 0.5) is 5.69 Å². The molecule has 1 aromatic carbocycles. The maximum Gasteiger partial charge on any atom is 0.257 e. The van der Waals surface area contributed by atoms with E-state index in [-0.39, 0.29) is 48.7 Å². The predicted octanol–water partition coefficient (Wildman–Crippen LogP) is 4.62. The molecule has 1 aromatic heterocycles. The zero-order valence-electron chi connectivity index (χ0n) is 20.4. The molecule has 0 unspecified atom stereocenters. The van der Waals surface area contributed by atoms with Crippen molar-refractivity contribution in [3.63, 3.8) is 0 Å². The second-order valence-corrected chi connectivity index (χ2v) is 10.3. The second-order valence-electron chi connectivity index (χ2n) is 9.91. The first-order valence-corrected chi connectivity index (χ1v) is 12.5. The van der Waals surface area contributed by atoms with Gasteiger partial charge in [-0.25, -0.2) is 4.99 Å². The number of pyridine rings is 1. The third-order valence-corrected chi connectivity index (χ3v) is 7.47. The summed E-state index contributed by atoms with van der Waals surface area (Å²) in [5.41, 5.74) is 7.95. The molecule has 3 heterocycles. The molecule has 1 aliphatic carbocycles. The number of ether oxygens (including phenoxy) is 1. The summed E-state index contributed by atoms with van der Waals surface area (Å²) in [7, 11) is 0. The molecule has 10 heteroatoms. The molecule has 1 saturated carbocycles. The molecule has 1 saturated heterocycles. The fourth-order valence-electron chi connectivity index (χ4n) is 5.01. The van der Waals surface area contributed by atoms with Gasteiger partial charge < -0.3 is 15.8 Å². The summed E-state index contributed by atoms with van der Waals surface area (Å²) in [4.78, 5) is 36.9. The topological polar surface area (TPSA) is 110 Å². The van der Waals surface area contributed by atoms with E-state index < -0.39 is 5.54 Å². The van der Waals surface area contributed by atoms with Crippen molar-refractivity contribution < 1.29 is 14.3 Å². The summed E-state index contributed by atoms with van der Waals surface area (Å²) < 4.78 is 5.62. The van der Waals surface area contributed by atoms with E-state index >= 15 is 0 Å². The minimum Gasteiger partial charge on any atom is -0.378 e. The van der Waals surface area contributed by atoms with Crippen molar-refractivity contribution in [1.82, 2.24) is 9.88 Å². The van der Waals surface area contributed by atoms with Gasteiger partial charge in [0.25, 0.3) is 5.91 Å². The molecule has 3 atom stereocenters. The van der Waals surface area contributed by atoms with Crippen molar-refractivity contribution in [2.45, 2.75) is 69.6 Å². The second kappa shape index (κ2) is 10.4. The van der Waals surface area contributed by atoms with E-state index in [0.717, 1.165) is 31.4 Å². The van der Waals surface area contributed by atoms with Crippen molar-refractivity contribution in [3.05, 3.63) is 58.4 Å². The Balaban J connectivity index is 0.00000304. The van der Waals surface area contributed by atoms with Crippen molar-refractivity contribution in [2.24, 2.45) is 10.7 Å². The van der Waals surface area contributed by atoms with Crippen molar-refractivity contribution in [2.75, 3.05) is 11.9 Å². The van der Waals surface area contributed by atoms with Gasteiger partial charge in [-0.05, 0) is 57.7 Å². The Labute approximate surface area is 222 Å². The lowest BCUT2D eigenvalue weighted by molar-refractivity contribution is -0.133. The van der Waals surface area contributed by atoms with Crippen LogP contribution in [0, 0.1) is 0 Å². The van der Waals surface area contributed by atoms with E-state index in [9.17, 15) is 9.59 Å². The van der Waals surface area contributed by atoms with Crippen LogP contribution in [0.15, 0.2) is 41.5 Å². The molecule has 8 nitrogen and oxygen atoms in total. The lowest BCUT2D eigenvalue weighted by Gasteiger charge is -2.41. The molecule has 0 radical (unpaired) electrons. The number of guanidine groups is 1. The molecule has 5 rings (SSSR count). The molecule has 2 aromatic rings. The minimum absolute atomic E-state index is 0. The third kappa shape index (κ3) is 5.21. The molecular formula is C26H31Cl2N5O3. The van der Waals surface area contributed by atoms with Gasteiger partial charge in [-0.1, -0.05) is 23.7 Å². The molecular weight excluding hydrogens is 501 g/mol. The van der Waals surface area contributed by atoms with Gasteiger partial charge in [-0.15, -0.1) is 12.4 Å². The van der Waals surface area contributed by atoms with Gasteiger partial charge in [-0.3, -0.25) is 19.5 Å². The predicted molar refractivity (Wildman–Crippen MR) is 142 cm³/mol. The molecule has 2 aliphatic heterocycles. The molecule has 2 fully saturated rings. The zero-order valence-corrected chi connectivity index (χ0v) is 21.9. The van der Waals surface area contributed by atoms with Crippen LogP contribution in [0.25, 0.3) is 0 Å². The fourth-order valence-corrected chi connectivity index (χ4v) is 5.38. The highest BCUT2D eigenvalue weighted by Gasteiger charge is 2.42. The number of anilines is 1. The Kier molecular flexibility index (Phi) is 7.59. The third-order valence-electron chi connectivity index (χ3n) is 7.07. The van der Waals surface area contributed by atoms with Crippen LogP contribution in [0.3, 0.4) is 0 Å². The monoisotopic (exact) mass is 531 g/mol. The summed E-state index contributed by atoms with van der Waals surface area (Å²) >= 11 is 6.76. The fraction of sp³-hybridized carbons (Fsp3) is 0.462. The number of nitrogens with zero attached hydrogens (tertiary/aromatic N) is 3. The maximum atomic E-state index is 13.2. The van der Waals surface area contributed by atoms with Crippen LogP contribution in [0.5, 0.6) is 0 Å². The van der Waals surface area contributed by atoms with E-state index in [1.54, 1.807) is 29.3 Å². The molecule has 36 heavy (non-hydrogen) atoms. The quantitative estimate of drug-likeness (QED) is 0.584. The van der Waals surface area contributed by atoms with E-state index in [0.29, 0.717) is 34.4 Å². The largest absolute Gasteiger partial charge is 0.378 e. The van der Waals surface area contributed by atoms with Crippen LogP contribution >= 0.6 is 24.0 Å². The molecule has 192 valence electrons. The number of carbonyl (C=O) groups is 2. The zero-order chi connectivity index (χ0) is 24.7. The Hall–Kier alpha value is -2.68. The molecule has 0 bridgehead atoms. The van der Waals surface area contributed by atoms with E-state index in [4.69, 9.17) is 27.1 Å². The van der Waals surface area contributed by atoms with Gasteiger partial charge in [-0.2, -0.15) is 0 Å². The number of hydrogen-bond donors (Lipinski definition) is 2. The number of nitrogens with two attached hydrogens (primary N) is 1. The summed E-state index contributed by atoms with van der Waals surface area (Å²) in [6.45, 7) is 4.43. The smallest absolute Gasteiger partial charge is 0.257 e. The van der Waals surface area contributed by atoms with Gasteiger partial charge in [0.05, 0.1) is 34.3 Å². The van der Waals surface area contributed by atoms with E-state index in [1.807, 2.05) is 26.0 Å². The average Bonchev–Trinajstić information content (AvgIpc) is 3.65. The van der Waals surface area contributed by atoms with Crippen LogP contribution in [-0.2, 0) is 15.1 Å². The van der Waals surface area contributed by atoms with Crippen LogP contribution in [0.2, 0.25) is 5.02 Å². The van der Waals surface area contributed by atoms with Gasteiger partial charge in [0.2, 0.25) is 5.91 Å². The Morgan fingerprint density at radius 1 is 1.25 bits per heavy atom. The van der Waals surface area contributed by atoms with Crippen molar-refractivity contribution in [3.8, 4) is 0 Å². The molecule has 3 N–H and O–H groups in total. The van der Waals surface area contributed by atoms with Crippen LogP contribution in [0.1, 0.15) is 73.5 Å². The van der Waals surface area contributed by atoms with Crippen molar-refractivity contribution in [1.29, 1.82) is 0 Å². The molecule has 2 amide bonds. The number of aromatic nitrogens is 1. The maximum absolute atomic E-state index is 13.2. The lowest BCUT2D eigenvalue weighted by atomic mass is 9.86. The number of aliphatic imine (C=N–C) groups is 1. The standard InChI is InChI=1S/C26H30ClN5O3.ClH/c1-15-12-18(10-11-35-15)32-22(33)13-26(2,31-25(32)28)19-4-3-5-21(23(19)27)30-24(34)17-8-9-20(29-14-17)16-6-7-16;/h3-5,8-9,14-16,18H,6-7,10-13H2,1-2H3,(H2,28,31)(H,30,34);1H/t15-,18-,26+;/m1./s1. The van der Waals surface area contributed by atoms with E-state index in [1.165, 1.54) is 0 Å². The molecule has 0 spiro atoms. The highest BCUT2D eigenvalue weighted by atomic mass is 35.5. The first-order valence-electron chi connectivity index (χ1n) is 12.1. The number of nitrogens with one attached hydrogen (secondary N) is 1. The van der Waals surface area contributed by atoms with Crippen molar-refractivity contribution >= 4 is 47.5 Å². The highest BCUT2D eigenvalue weighted by Crippen LogP contribution is 2.41. The Morgan fingerprint density at radius 2 is 2.03 bits per heavy atom. The number of hydrogen-bond acceptors (Lipinski definition) is 6. The summed E-state index contributed by atoms with van der Waals surface area (Å²) in [6.07, 6.45) is 5.54.